The van der Waals surface area contributed by atoms with Crippen LogP contribution >= 0.6 is 0 Å². The average molecular weight is 451 g/mol. The van der Waals surface area contributed by atoms with Gasteiger partial charge in [0.1, 0.15) is 5.69 Å². The molecule has 0 aliphatic carbocycles. The molecule has 0 saturated carbocycles. The minimum Gasteiger partial charge on any atom is -0.435 e. The summed E-state index contributed by atoms with van der Waals surface area (Å²) in [6, 6.07) is 28.8. The first-order chi connectivity index (χ1) is 16.8. The van der Waals surface area contributed by atoms with E-state index in [4.69, 9.17) is 9.73 Å². The Balaban J connectivity index is 1.28. The van der Waals surface area contributed by atoms with Crippen LogP contribution in [0.4, 0.5) is 5.69 Å². The van der Waals surface area contributed by atoms with Crippen molar-refractivity contribution >= 4 is 11.5 Å². The van der Waals surface area contributed by atoms with E-state index in [9.17, 15) is 0 Å². The quantitative estimate of drug-likeness (QED) is 0.463. The standard InChI is InChI=1S/C27H26N6O/c1-3-9-21(10-4-1)19-31-15-17-32(18-16-31)26-25-27(34-24-14-8-7-13-23(24)28-26)33(30-29-25)20-22-11-5-2-6-12-22/h1-14H,15-20H2. The molecule has 1 fully saturated rings. The first kappa shape index (κ1) is 20.6. The molecule has 7 heteroatoms. The number of ether oxygens (including phenoxy) is 1. The third kappa shape index (κ3) is 4.18. The summed E-state index contributed by atoms with van der Waals surface area (Å²) in [7, 11) is 0. The van der Waals surface area contributed by atoms with Gasteiger partial charge in [0, 0.05) is 32.7 Å². The topological polar surface area (TPSA) is 58.8 Å². The van der Waals surface area contributed by atoms with Crippen molar-refractivity contribution in [3.05, 3.63) is 102 Å². The average Bonchev–Trinajstić information content (AvgIpc) is 3.18. The zero-order valence-corrected chi connectivity index (χ0v) is 18.9. The van der Waals surface area contributed by atoms with E-state index in [1.54, 1.807) is 0 Å². The largest absolute Gasteiger partial charge is 0.435 e. The molecule has 1 aromatic heterocycles. The number of aromatic nitrogens is 3. The number of nitrogens with zero attached hydrogens (tertiary/aromatic N) is 6. The highest BCUT2D eigenvalue weighted by Crippen LogP contribution is 2.37. The molecule has 1 saturated heterocycles. The third-order valence-corrected chi connectivity index (χ3v) is 6.30. The minimum atomic E-state index is 0.587. The maximum atomic E-state index is 6.35. The molecule has 2 aliphatic heterocycles. The van der Waals surface area contributed by atoms with Crippen LogP contribution < -0.4 is 4.74 Å². The van der Waals surface area contributed by atoms with Crippen LogP contribution in [0, 0.1) is 0 Å². The summed E-state index contributed by atoms with van der Waals surface area (Å²) in [5.74, 6) is 2.19. The van der Waals surface area contributed by atoms with E-state index in [0.717, 1.165) is 55.6 Å². The van der Waals surface area contributed by atoms with Gasteiger partial charge in [-0.3, -0.25) is 4.90 Å². The second kappa shape index (κ2) is 9.11. The Kier molecular flexibility index (Phi) is 5.53. The molecule has 6 rings (SSSR count). The summed E-state index contributed by atoms with van der Waals surface area (Å²) in [6.45, 7) is 5.22. The number of hydrogen-bond acceptors (Lipinski definition) is 6. The van der Waals surface area contributed by atoms with Crippen molar-refractivity contribution in [1.29, 1.82) is 0 Å². The zero-order valence-electron chi connectivity index (χ0n) is 18.9. The third-order valence-electron chi connectivity index (χ3n) is 6.30. The van der Waals surface area contributed by atoms with Crippen LogP contribution in [0.2, 0.25) is 0 Å². The van der Waals surface area contributed by atoms with Gasteiger partial charge in [0.2, 0.25) is 5.88 Å². The van der Waals surface area contributed by atoms with Crippen molar-refractivity contribution in [2.45, 2.75) is 13.1 Å². The highest BCUT2D eigenvalue weighted by molar-refractivity contribution is 6.01. The van der Waals surface area contributed by atoms with Crippen LogP contribution in [0.15, 0.2) is 89.9 Å². The highest BCUT2D eigenvalue weighted by atomic mass is 16.5. The first-order valence-electron chi connectivity index (χ1n) is 11.7. The molecule has 3 aromatic carbocycles. The summed E-state index contributed by atoms with van der Waals surface area (Å²) in [6.07, 6.45) is 0. The Morgan fingerprint density at radius 3 is 2.09 bits per heavy atom. The number of piperazine rings is 1. The lowest BCUT2D eigenvalue weighted by Gasteiger charge is -2.36. The summed E-state index contributed by atoms with van der Waals surface area (Å²) in [5.41, 5.74) is 4.00. The molecule has 170 valence electrons. The predicted molar refractivity (Wildman–Crippen MR) is 132 cm³/mol. The summed E-state index contributed by atoms with van der Waals surface area (Å²) >= 11 is 0. The predicted octanol–water partition coefficient (Wildman–Crippen LogP) is 4.33. The molecule has 0 bridgehead atoms. The number of para-hydroxylation sites is 2. The van der Waals surface area contributed by atoms with E-state index in [0.29, 0.717) is 18.1 Å². The first-order valence-corrected chi connectivity index (χ1v) is 11.7. The molecule has 3 heterocycles. The van der Waals surface area contributed by atoms with Gasteiger partial charge in [-0.15, -0.1) is 5.10 Å². The fraction of sp³-hybridized carbons (Fsp3) is 0.222. The molecule has 34 heavy (non-hydrogen) atoms. The van der Waals surface area contributed by atoms with Crippen molar-refractivity contribution in [1.82, 2.24) is 24.8 Å². The molecule has 0 unspecified atom stereocenters. The molecule has 7 nitrogen and oxygen atoms in total. The van der Waals surface area contributed by atoms with E-state index in [1.807, 2.05) is 47.1 Å². The number of rotatable bonds is 4. The van der Waals surface area contributed by atoms with Crippen LogP contribution in [0.5, 0.6) is 11.6 Å². The van der Waals surface area contributed by atoms with Gasteiger partial charge in [-0.05, 0) is 23.3 Å². The Morgan fingerprint density at radius 1 is 0.706 bits per heavy atom. The van der Waals surface area contributed by atoms with Gasteiger partial charge in [-0.25, -0.2) is 9.67 Å². The molecular weight excluding hydrogens is 424 g/mol. The number of amidine groups is 1. The molecule has 4 aromatic rings. The van der Waals surface area contributed by atoms with Crippen LogP contribution in [-0.4, -0.2) is 56.8 Å². The maximum Gasteiger partial charge on any atom is 0.250 e. The summed E-state index contributed by atoms with van der Waals surface area (Å²) < 4.78 is 8.18. The number of hydrogen-bond donors (Lipinski definition) is 0. The lowest BCUT2D eigenvalue weighted by atomic mass is 10.2. The molecule has 0 amide bonds. The minimum absolute atomic E-state index is 0.587. The molecule has 0 spiro atoms. The molecular formula is C27H26N6O. The fourth-order valence-corrected chi connectivity index (χ4v) is 4.49. The van der Waals surface area contributed by atoms with Gasteiger partial charge in [0.25, 0.3) is 0 Å². The van der Waals surface area contributed by atoms with Crippen LogP contribution in [0.1, 0.15) is 16.8 Å². The monoisotopic (exact) mass is 450 g/mol. The highest BCUT2D eigenvalue weighted by Gasteiger charge is 2.30. The van der Waals surface area contributed by atoms with Gasteiger partial charge in [0.15, 0.2) is 17.3 Å². The van der Waals surface area contributed by atoms with Crippen molar-refractivity contribution in [2.75, 3.05) is 26.2 Å². The Bertz CT molecular complexity index is 1290. The van der Waals surface area contributed by atoms with Gasteiger partial charge in [-0.2, -0.15) is 0 Å². The number of aliphatic imine (C=N–C) groups is 1. The Labute approximate surface area is 198 Å². The van der Waals surface area contributed by atoms with E-state index < -0.39 is 0 Å². The van der Waals surface area contributed by atoms with Gasteiger partial charge < -0.3 is 9.64 Å². The molecule has 0 atom stereocenters. The van der Waals surface area contributed by atoms with Crippen molar-refractivity contribution in [3.8, 4) is 11.6 Å². The lowest BCUT2D eigenvalue weighted by Crippen LogP contribution is -2.48. The van der Waals surface area contributed by atoms with Gasteiger partial charge in [-0.1, -0.05) is 78.0 Å². The van der Waals surface area contributed by atoms with E-state index >= 15 is 0 Å². The molecule has 0 radical (unpaired) electrons. The Hall–Kier alpha value is -3.97. The van der Waals surface area contributed by atoms with Gasteiger partial charge >= 0.3 is 0 Å². The zero-order chi connectivity index (χ0) is 22.7. The van der Waals surface area contributed by atoms with Crippen molar-refractivity contribution in [2.24, 2.45) is 4.99 Å². The fourth-order valence-electron chi connectivity index (χ4n) is 4.49. The van der Waals surface area contributed by atoms with Crippen molar-refractivity contribution < 1.29 is 4.74 Å². The summed E-state index contributed by atoms with van der Waals surface area (Å²) in [4.78, 5) is 9.82. The maximum absolute atomic E-state index is 6.35. The van der Waals surface area contributed by atoms with Gasteiger partial charge in [0.05, 0.1) is 6.54 Å². The van der Waals surface area contributed by atoms with Crippen LogP contribution in [0.3, 0.4) is 0 Å². The molecule has 2 aliphatic rings. The second-order valence-corrected chi connectivity index (χ2v) is 8.64. The smallest absolute Gasteiger partial charge is 0.250 e. The second-order valence-electron chi connectivity index (χ2n) is 8.64. The van der Waals surface area contributed by atoms with Crippen LogP contribution in [0.25, 0.3) is 0 Å². The normalized spacial score (nSPS) is 15.6. The van der Waals surface area contributed by atoms with Crippen LogP contribution in [-0.2, 0) is 13.1 Å². The summed E-state index contributed by atoms with van der Waals surface area (Å²) in [5, 5.41) is 8.99. The molecule has 0 N–H and O–H groups in total. The van der Waals surface area contributed by atoms with Crippen molar-refractivity contribution in [3.63, 3.8) is 0 Å². The van der Waals surface area contributed by atoms with E-state index in [1.165, 1.54) is 5.56 Å². The Morgan fingerprint density at radius 2 is 1.35 bits per heavy atom. The van der Waals surface area contributed by atoms with E-state index in [-0.39, 0.29) is 0 Å². The SMILES string of the molecule is c1ccc(CN2CCN(C3=Nc4ccccc4Oc4c3nnn4Cc3ccccc3)CC2)cc1. The lowest BCUT2D eigenvalue weighted by molar-refractivity contribution is 0.175. The number of benzene rings is 3. The number of fused-ring (bicyclic) bond motifs is 2. The van der Waals surface area contributed by atoms with E-state index in [2.05, 4.69) is 62.6 Å².